The van der Waals surface area contributed by atoms with Gasteiger partial charge in [0.05, 0.1) is 12.1 Å². The highest BCUT2D eigenvalue weighted by atomic mass is 32.1. The molecule has 0 aliphatic rings. The summed E-state index contributed by atoms with van der Waals surface area (Å²) in [5.74, 6) is -1.65. The molecule has 1 heterocycles. The van der Waals surface area contributed by atoms with E-state index in [1.54, 1.807) is 0 Å². The SMILES string of the molecule is O=C(COC(=O)c1cccc(F)c1)NCc1cccs1. The van der Waals surface area contributed by atoms with Crippen molar-refractivity contribution in [2.24, 2.45) is 0 Å². The molecule has 0 radical (unpaired) electrons. The van der Waals surface area contributed by atoms with Crippen molar-refractivity contribution < 1.29 is 18.7 Å². The van der Waals surface area contributed by atoms with Gasteiger partial charge in [-0.15, -0.1) is 11.3 Å². The molecule has 2 rings (SSSR count). The van der Waals surface area contributed by atoms with Crippen LogP contribution < -0.4 is 5.32 Å². The Labute approximate surface area is 119 Å². The molecule has 1 aromatic carbocycles. The van der Waals surface area contributed by atoms with Crippen LogP contribution in [-0.4, -0.2) is 18.5 Å². The lowest BCUT2D eigenvalue weighted by Gasteiger charge is -2.05. The molecular weight excluding hydrogens is 281 g/mol. The van der Waals surface area contributed by atoms with Crippen molar-refractivity contribution in [2.75, 3.05) is 6.61 Å². The molecule has 1 aromatic heterocycles. The summed E-state index contributed by atoms with van der Waals surface area (Å²) in [6.45, 7) is 0.00867. The first kappa shape index (κ1) is 14.2. The number of ether oxygens (including phenoxy) is 1. The van der Waals surface area contributed by atoms with Crippen LogP contribution in [0.4, 0.5) is 4.39 Å². The molecule has 4 nitrogen and oxygen atoms in total. The van der Waals surface area contributed by atoms with Gasteiger partial charge >= 0.3 is 5.97 Å². The number of carbonyl (C=O) groups is 2. The van der Waals surface area contributed by atoms with E-state index in [1.807, 2.05) is 17.5 Å². The second-order valence-corrected chi connectivity index (χ2v) is 4.97. The minimum Gasteiger partial charge on any atom is -0.452 e. The monoisotopic (exact) mass is 293 g/mol. The number of carbonyl (C=O) groups excluding carboxylic acids is 2. The van der Waals surface area contributed by atoms with Gasteiger partial charge in [0.1, 0.15) is 5.82 Å². The van der Waals surface area contributed by atoms with Crippen LogP contribution in [-0.2, 0) is 16.1 Å². The number of nitrogens with one attached hydrogen (secondary N) is 1. The summed E-state index contributed by atoms with van der Waals surface area (Å²) in [6, 6.07) is 8.90. The molecule has 0 fully saturated rings. The van der Waals surface area contributed by atoms with Crippen molar-refractivity contribution in [1.29, 1.82) is 0 Å². The first-order chi connectivity index (χ1) is 9.65. The second-order valence-electron chi connectivity index (χ2n) is 3.94. The van der Waals surface area contributed by atoms with Crippen LogP contribution in [0.25, 0.3) is 0 Å². The molecule has 0 aliphatic heterocycles. The molecule has 1 amide bonds. The number of halogens is 1. The van der Waals surface area contributed by atoms with E-state index >= 15 is 0 Å². The van der Waals surface area contributed by atoms with Crippen LogP contribution in [0.15, 0.2) is 41.8 Å². The summed E-state index contributed by atoms with van der Waals surface area (Å²) in [4.78, 5) is 24.1. The molecule has 0 spiro atoms. The summed E-state index contributed by atoms with van der Waals surface area (Å²) in [5, 5.41) is 4.53. The van der Waals surface area contributed by atoms with Crippen molar-refractivity contribution in [1.82, 2.24) is 5.32 Å². The standard InChI is InChI=1S/C14H12FNO3S/c15-11-4-1-3-10(7-11)14(18)19-9-13(17)16-8-12-5-2-6-20-12/h1-7H,8-9H2,(H,16,17). The quantitative estimate of drug-likeness (QED) is 0.861. The molecular formula is C14H12FNO3S. The predicted molar refractivity (Wildman–Crippen MR) is 72.8 cm³/mol. The Morgan fingerprint density at radius 1 is 1.25 bits per heavy atom. The Morgan fingerprint density at radius 3 is 2.80 bits per heavy atom. The maximum Gasteiger partial charge on any atom is 0.338 e. The van der Waals surface area contributed by atoms with Gasteiger partial charge in [-0.1, -0.05) is 12.1 Å². The zero-order valence-corrected chi connectivity index (χ0v) is 11.3. The third kappa shape index (κ3) is 4.17. The lowest BCUT2D eigenvalue weighted by atomic mass is 10.2. The fraction of sp³-hybridized carbons (Fsp3) is 0.143. The average Bonchev–Trinajstić information content (AvgIpc) is 2.95. The van der Waals surface area contributed by atoms with Crippen LogP contribution in [0.1, 0.15) is 15.2 Å². The number of rotatable bonds is 5. The van der Waals surface area contributed by atoms with Crippen LogP contribution >= 0.6 is 11.3 Å². The van der Waals surface area contributed by atoms with Gasteiger partial charge in [-0.05, 0) is 29.6 Å². The van der Waals surface area contributed by atoms with Gasteiger partial charge in [0.2, 0.25) is 0 Å². The lowest BCUT2D eigenvalue weighted by molar-refractivity contribution is -0.124. The summed E-state index contributed by atoms with van der Waals surface area (Å²) < 4.78 is 17.7. The van der Waals surface area contributed by atoms with Crippen molar-refractivity contribution in [3.8, 4) is 0 Å². The summed E-state index contributed by atoms with van der Waals surface area (Å²) in [6.07, 6.45) is 0. The van der Waals surface area contributed by atoms with E-state index in [2.05, 4.69) is 5.32 Å². The van der Waals surface area contributed by atoms with Gasteiger partial charge in [-0.25, -0.2) is 9.18 Å². The molecule has 1 N–H and O–H groups in total. The molecule has 6 heteroatoms. The predicted octanol–water partition coefficient (Wildman–Crippen LogP) is 2.36. The van der Waals surface area contributed by atoms with E-state index in [-0.39, 0.29) is 12.2 Å². The Balaban J connectivity index is 1.77. The van der Waals surface area contributed by atoms with E-state index in [0.717, 1.165) is 10.9 Å². The molecule has 2 aromatic rings. The average molecular weight is 293 g/mol. The molecule has 104 valence electrons. The van der Waals surface area contributed by atoms with E-state index < -0.39 is 17.7 Å². The topological polar surface area (TPSA) is 55.4 Å². The van der Waals surface area contributed by atoms with Crippen molar-refractivity contribution >= 4 is 23.2 Å². The van der Waals surface area contributed by atoms with Gasteiger partial charge in [-0.2, -0.15) is 0 Å². The Morgan fingerprint density at radius 2 is 2.10 bits per heavy atom. The maximum absolute atomic E-state index is 12.9. The Hall–Kier alpha value is -2.21. The number of thiophene rings is 1. The number of hydrogen-bond donors (Lipinski definition) is 1. The highest BCUT2D eigenvalue weighted by molar-refractivity contribution is 7.09. The van der Waals surface area contributed by atoms with E-state index in [4.69, 9.17) is 4.74 Å². The highest BCUT2D eigenvalue weighted by Crippen LogP contribution is 2.07. The van der Waals surface area contributed by atoms with Crippen LogP contribution in [0.5, 0.6) is 0 Å². The second kappa shape index (κ2) is 6.81. The smallest absolute Gasteiger partial charge is 0.338 e. The largest absolute Gasteiger partial charge is 0.452 e. The van der Waals surface area contributed by atoms with E-state index in [1.165, 1.54) is 29.5 Å². The number of amides is 1. The number of benzene rings is 1. The van der Waals surface area contributed by atoms with E-state index in [9.17, 15) is 14.0 Å². The van der Waals surface area contributed by atoms with E-state index in [0.29, 0.717) is 6.54 Å². The Kier molecular flexibility index (Phi) is 4.84. The summed E-state index contributed by atoms with van der Waals surface area (Å²) in [7, 11) is 0. The zero-order valence-electron chi connectivity index (χ0n) is 10.5. The van der Waals surface area contributed by atoms with Gasteiger partial charge in [-0.3, -0.25) is 4.79 Å². The summed E-state index contributed by atoms with van der Waals surface area (Å²) >= 11 is 1.52. The van der Waals surface area contributed by atoms with Crippen LogP contribution in [0.3, 0.4) is 0 Å². The normalized spacial score (nSPS) is 10.1. The lowest BCUT2D eigenvalue weighted by Crippen LogP contribution is -2.28. The van der Waals surface area contributed by atoms with Gasteiger partial charge < -0.3 is 10.1 Å². The molecule has 0 aliphatic carbocycles. The maximum atomic E-state index is 12.9. The molecule has 0 saturated heterocycles. The third-order valence-electron chi connectivity index (χ3n) is 2.43. The molecule has 0 unspecified atom stereocenters. The Bertz CT molecular complexity index is 598. The summed E-state index contributed by atoms with van der Waals surface area (Å²) in [5.41, 5.74) is 0.0797. The van der Waals surface area contributed by atoms with Gasteiger partial charge in [0.25, 0.3) is 5.91 Å². The first-order valence-corrected chi connectivity index (χ1v) is 6.75. The van der Waals surface area contributed by atoms with Gasteiger partial charge in [0.15, 0.2) is 6.61 Å². The first-order valence-electron chi connectivity index (χ1n) is 5.87. The number of hydrogen-bond acceptors (Lipinski definition) is 4. The molecule has 0 atom stereocenters. The van der Waals surface area contributed by atoms with Crippen LogP contribution in [0.2, 0.25) is 0 Å². The number of esters is 1. The highest BCUT2D eigenvalue weighted by Gasteiger charge is 2.10. The molecule has 0 bridgehead atoms. The minimum atomic E-state index is -0.726. The molecule has 0 saturated carbocycles. The fourth-order valence-electron chi connectivity index (χ4n) is 1.48. The minimum absolute atomic E-state index is 0.0797. The van der Waals surface area contributed by atoms with Gasteiger partial charge in [0, 0.05) is 4.88 Å². The zero-order chi connectivity index (χ0) is 14.4. The van der Waals surface area contributed by atoms with Crippen molar-refractivity contribution in [3.63, 3.8) is 0 Å². The van der Waals surface area contributed by atoms with Crippen molar-refractivity contribution in [2.45, 2.75) is 6.54 Å². The third-order valence-corrected chi connectivity index (χ3v) is 3.31. The van der Waals surface area contributed by atoms with Crippen molar-refractivity contribution in [3.05, 3.63) is 58.0 Å². The molecule has 20 heavy (non-hydrogen) atoms. The fourth-order valence-corrected chi connectivity index (χ4v) is 2.12. The van der Waals surface area contributed by atoms with Crippen LogP contribution in [0, 0.1) is 5.82 Å².